The van der Waals surface area contributed by atoms with Gasteiger partial charge in [0.25, 0.3) is 0 Å². The summed E-state index contributed by atoms with van der Waals surface area (Å²) in [7, 11) is 0. The number of rotatable bonds is 1. The van der Waals surface area contributed by atoms with Crippen LogP contribution >= 0.6 is 31.9 Å². The van der Waals surface area contributed by atoms with E-state index in [1.807, 2.05) is 0 Å². The Bertz CT molecular complexity index is 298. The fourth-order valence-electron chi connectivity index (χ4n) is 0.649. The van der Waals surface area contributed by atoms with Crippen LogP contribution in [0.3, 0.4) is 0 Å². The van der Waals surface area contributed by atoms with Crippen molar-refractivity contribution in [1.82, 2.24) is 0 Å². The normalized spacial score (nSPS) is 9.73. The molecule has 1 aromatic rings. The summed E-state index contributed by atoms with van der Waals surface area (Å²) in [5, 5.41) is 0. The molecule has 0 bridgehead atoms. The largest absolute Gasteiger partial charge is 0.281 e. The van der Waals surface area contributed by atoms with Crippen LogP contribution in [0.2, 0.25) is 0 Å². The van der Waals surface area contributed by atoms with Gasteiger partial charge in [0.15, 0.2) is 0 Å². The molecule has 1 rings (SSSR count). The molecule has 0 fully saturated rings. The summed E-state index contributed by atoms with van der Waals surface area (Å²) in [5.41, 5.74) is 0.0493. The zero-order valence-corrected chi connectivity index (χ0v) is 8.45. The first-order valence-electron chi connectivity index (χ1n) is 2.76. The van der Waals surface area contributed by atoms with E-state index in [4.69, 9.17) is 0 Å². The van der Waals surface area contributed by atoms with Crippen molar-refractivity contribution in [2.24, 2.45) is 0 Å². The Morgan fingerprint density at radius 1 is 1.45 bits per heavy atom. The average Bonchev–Trinajstić information content (AvgIpc) is 1.85. The lowest BCUT2D eigenvalue weighted by Crippen LogP contribution is -1.92. The second-order valence-electron chi connectivity index (χ2n) is 1.90. The molecule has 0 aromatic heterocycles. The van der Waals surface area contributed by atoms with Crippen LogP contribution in [0.4, 0.5) is 4.39 Å². The lowest BCUT2D eigenvalue weighted by Gasteiger charge is -1.96. The van der Waals surface area contributed by atoms with Crippen LogP contribution in [0.1, 0.15) is 10.4 Å². The van der Waals surface area contributed by atoms with Crippen molar-refractivity contribution in [2.45, 2.75) is 0 Å². The van der Waals surface area contributed by atoms with Crippen LogP contribution in [0.15, 0.2) is 22.7 Å². The van der Waals surface area contributed by atoms with Crippen molar-refractivity contribution in [3.8, 4) is 0 Å². The van der Waals surface area contributed by atoms with E-state index in [2.05, 4.69) is 31.9 Å². The number of hydrogen-bond acceptors (Lipinski definition) is 1. The van der Waals surface area contributed by atoms with Crippen LogP contribution < -0.4 is 0 Å². The van der Waals surface area contributed by atoms with Gasteiger partial charge in [-0.3, -0.25) is 4.79 Å². The third kappa shape index (κ3) is 2.10. The van der Waals surface area contributed by atoms with Crippen molar-refractivity contribution >= 4 is 36.6 Å². The van der Waals surface area contributed by atoms with E-state index in [0.29, 0.717) is 4.47 Å². The number of benzene rings is 1. The van der Waals surface area contributed by atoms with Crippen molar-refractivity contribution in [2.75, 3.05) is 0 Å². The minimum atomic E-state index is -0.527. The van der Waals surface area contributed by atoms with E-state index >= 15 is 0 Å². The molecule has 0 spiro atoms. The SMILES string of the molecule is O=C(Br)c1ccc(Br)cc1F. The van der Waals surface area contributed by atoms with E-state index in [0.717, 1.165) is 0 Å². The molecule has 0 aliphatic heterocycles. The van der Waals surface area contributed by atoms with Crippen molar-refractivity contribution in [1.29, 1.82) is 0 Å². The van der Waals surface area contributed by atoms with Gasteiger partial charge in [-0.05, 0) is 34.1 Å². The van der Waals surface area contributed by atoms with Gasteiger partial charge < -0.3 is 0 Å². The molecular formula is C7H3Br2FO. The third-order valence-corrected chi connectivity index (χ3v) is 2.06. The predicted octanol–water partition coefficient (Wildman–Crippen LogP) is 3.12. The first-order chi connectivity index (χ1) is 5.11. The minimum absolute atomic E-state index is 0.0493. The topological polar surface area (TPSA) is 17.1 Å². The highest BCUT2D eigenvalue weighted by atomic mass is 79.9. The molecule has 11 heavy (non-hydrogen) atoms. The summed E-state index contributed by atoms with van der Waals surface area (Å²) in [6.45, 7) is 0. The third-order valence-electron chi connectivity index (χ3n) is 1.14. The van der Waals surface area contributed by atoms with Gasteiger partial charge in [0.2, 0.25) is 4.69 Å². The van der Waals surface area contributed by atoms with E-state index in [1.54, 1.807) is 6.07 Å². The molecular weight excluding hydrogens is 279 g/mol. The highest BCUT2D eigenvalue weighted by molar-refractivity contribution is 9.18. The number of carbonyl (C=O) groups is 1. The lowest BCUT2D eigenvalue weighted by atomic mass is 10.2. The first-order valence-corrected chi connectivity index (χ1v) is 4.35. The maximum atomic E-state index is 12.8. The van der Waals surface area contributed by atoms with Crippen LogP contribution in [-0.2, 0) is 0 Å². The maximum absolute atomic E-state index is 12.8. The zero-order valence-electron chi connectivity index (χ0n) is 5.27. The molecule has 0 aliphatic rings. The van der Waals surface area contributed by atoms with Gasteiger partial charge in [-0.15, -0.1) is 0 Å². The Balaban J connectivity index is 3.20. The molecule has 0 atom stereocenters. The van der Waals surface area contributed by atoms with Crippen LogP contribution in [-0.4, -0.2) is 4.69 Å². The summed E-state index contributed by atoms with van der Waals surface area (Å²) in [4.78, 5) is 10.6. The summed E-state index contributed by atoms with van der Waals surface area (Å²) in [6.07, 6.45) is 0. The Morgan fingerprint density at radius 3 is 2.55 bits per heavy atom. The molecule has 0 heterocycles. The van der Waals surface area contributed by atoms with Gasteiger partial charge in [0.05, 0.1) is 5.56 Å². The molecule has 1 aromatic carbocycles. The van der Waals surface area contributed by atoms with Gasteiger partial charge in [-0.25, -0.2) is 4.39 Å². The number of hydrogen-bond donors (Lipinski definition) is 0. The van der Waals surface area contributed by atoms with Crippen molar-refractivity contribution < 1.29 is 9.18 Å². The average molecular weight is 282 g/mol. The molecule has 4 heteroatoms. The predicted molar refractivity (Wildman–Crippen MR) is 47.4 cm³/mol. The van der Waals surface area contributed by atoms with E-state index in [9.17, 15) is 9.18 Å². The quantitative estimate of drug-likeness (QED) is 0.723. The Morgan fingerprint density at radius 2 is 2.09 bits per heavy atom. The fourth-order valence-corrected chi connectivity index (χ4v) is 1.30. The number of carbonyl (C=O) groups excluding carboxylic acids is 1. The molecule has 0 radical (unpaired) electrons. The van der Waals surface area contributed by atoms with Crippen molar-refractivity contribution in [3.05, 3.63) is 34.1 Å². The number of halogens is 3. The Hall–Kier alpha value is -0.220. The van der Waals surface area contributed by atoms with Crippen LogP contribution in [0, 0.1) is 5.82 Å². The van der Waals surface area contributed by atoms with Crippen LogP contribution in [0.5, 0.6) is 0 Å². The second-order valence-corrected chi connectivity index (χ2v) is 3.53. The Kier molecular flexibility index (Phi) is 2.78. The smallest absolute Gasteiger partial charge is 0.230 e. The molecule has 0 saturated heterocycles. The highest BCUT2D eigenvalue weighted by Crippen LogP contribution is 2.16. The van der Waals surface area contributed by atoms with E-state index < -0.39 is 10.5 Å². The minimum Gasteiger partial charge on any atom is -0.281 e. The van der Waals surface area contributed by atoms with Crippen molar-refractivity contribution in [3.63, 3.8) is 0 Å². The van der Waals surface area contributed by atoms with E-state index in [-0.39, 0.29) is 5.56 Å². The maximum Gasteiger partial charge on any atom is 0.230 e. The first kappa shape index (κ1) is 8.87. The summed E-state index contributed by atoms with van der Waals surface area (Å²) in [6, 6.07) is 4.27. The molecule has 0 amide bonds. The standard InChI is InChI=1S/C7H3Br2FO/c8-4-1-2-5(7(9)11)6(10)3-4/h1-3H. The molecule has 0 N–H and O–H groups in total. The highest BCUT2D eigenvalue weighted by Gasteiger charge is 2.07. The lowest BCUT2D eigenvalue weighted by molar-refractivity contribution is 0.109. The van der Waals surface area contributed by atoms with Gasteiger partial charge in [-0.2, -0.15) is 0 Å². The molecule has 58 valence electrons. The molecule has 0 unspecified atom stereocenters. The van der Waals surface area contributed by atoms with Gasteiger partial charge >= 0.3 is 0 Å². The van der Waals surface area contributed by atoms with Gasteiger partial charge in [0.1, 0.15) is 5.82 Å². The second kappa shape index (κ2) is 3.45. The Labute approximate surface area is 79.9 Å². The molecule has 0 aliphatic carbocycles. The molecule has 1 nitrogen and oxygen atoms in total. The van der Waals surface area contributed by atoms with E-state index in [1.165, 1.54) is 12.1 Å². The summed E-state index contributed by atoms with van der Waals surface area (Å²) >= 11 is 5.74. The van der Waals surface area contributed by atoms with Gasteiger partial charge in [0, 0.05) is 4.47 Å². The zero-order chi connectivity index (χ0) is 8.43. The molecule has 0 saturated carbocycles. The van der Waals surface area contributed by atoms with Gasteiger partial charge in [-0.1, -0.05) is 15.9 Å². The monoisotopic (exact) mass is 280 g/mol. The fraction of sp³-hybridized carbons (Fsp3) is 0. The summed E-state index contributed by atoms with van der Waals surface area (Å²) < 4.78 is 13.0. The van der Waals surface area contributed by atoms with Crippen LogP contribution in [0.25, 0.3) is 0 Å². The summed E-state index contributed by atoms with van der Waals surface area (Å²) in [5.74, 6) is -0.527.